The molecule has 4 aromatic carbocycles. The first-order valence-electron chi connectivity index (χ1n) is 10.3. The number of nitrogens with one attached hydrogen (secondary N) is 2. The number of hydrogen-bond acceptors (Lipinski definition) is 3. The van der Waals surface area contributed by atoms with E-state index < -0.39 is 22.0 Å². The topological polar surface area (TPSA) is 75.3 Å². The lowest BCUT2D eigenvalue weighted by Crippen LogP contribution is -2.45. The van der Waals surface area contributed by atoms with E-state index in [1.165, 1.54) is 0 Å². The van der Waals surface area contributed by atoms with E-state index >= 15 is 0 Å². The first-order chi connectivity index (χ1) is 15.4. The Morgan fingerprint density at radius 2 is 1.47 bits per heavy atom. The van der Waals surface area contributed by atoms with Crippen molar-refractivity contribution < 1.29 is 13.2 Å². The highest BCUT2D eigenvalue weighted by atomic mass is 32.2. The molecule has 1 amide bonds. The van der Waals surface area contributed by atoms with Crippen LogP contribution in [0.4, 0.5) is 5.69 Å². The number of carbonyl (C=O) groups excluding carboxylic acids is 1. The van der Waals surface area contributed by atoms with Gasteiger partial charge in [0.05, 0.1) is 4.90 Å². The summed E-state index contributed by atoms with van der Waals surface area (Å²) in [6.45, 7) is 1.89. The highest BCUT2D eigenvalue weighted by molar-refractivity contribution is 7.89. The monoisotopic (exact) mass is 444 g/mol. The Balaban J connectivity index is 1.64. The van der Waals surface area contributed by atoms with Crippen LogP contribution in [0, 0.1) is 6.92 Å². The van der Waals surface area contributed by atoms with E-state index in [9.17, 15) is 13.2 Å². The number of amides is 1. The van der Waals surface area contributed by atoms with Crippen molar-refractivity contribution in [1.29, 1.82) is 0 Å². The zero-order chi connectivity index (χ0) is 22.6. The van der Waals surface area contributed by atoms with Gasteiger partial charge in [-0.2, -0.15) is 4.72 Å². The van der Waals surface area contributed by atoms with Crippen LogP contribution in [0.3, 0.4) is 0 Å². The number of benzene rings is 4. The van der Waals surface area contributed by atoms with Crippen molar-refractivity contribution in [3.63, 3.8) is 0 Å². The van der Waals surface area contributed by atoms with Crippen molar-refractivity contribution in [2.45, 2.75) is 24.3 Å². The standard InChI is InChI=1S/C26H24N2O3S/c1-19-14-16-22(17-15-19)32(30,31)28-25(18-20-8-3-2-4-9-20)26(29)27-24-13-7-11-21-10-5-6-12-23(21)24/h2-17,25,28H,18H2,1H3,(H,27,29)/t25-/m1/s1. The molecule has 0 aromatic heterocycles. The summed E-state index contributed by atoms with van der Waals surface area (Å²) in [5, 5.41) is 4.81. The number of fused-ring (bicyclic) bond motifs is 1. The van der Waals surface area contributed by atoms with Crippen molar-refractivity contribution >= 4 is 32.4 Å². The maximum absolute atomic E-state index is 13.3. The summed E-state index contributed by atoms with van der Waals surface area (Å²) in [6, 6.07) is 28.3. The number of carbonyl (C=O) groups is 1. The molecule has 0 radical (unpaired) electrons. The Hall–Kier alpha value is -3.48. The number of anilines is 1. The SMILES string of the molecule is Cc1ccc(S(=O)(=O)N[C@H](Cc2ccccc2)C(=O)Nc2cccc3ccccc23)cc1. The molecule has 0 bridgehead atoms. The van der Waals surface area contributed by atoms with Crippen molar-refractivity contribution in [1.82, 2.24) is 4.72 Å². The predicted octanol–water partition coefficient (Wildman–Crippen LogP) is 4.68. The summed E-state index contributed by atoms with van der Waals surface area (Å²) in [7, 11) is -3.89. The Kier molecular flexibility index (Phi) is 6.35. The zero-order valence-electron chi connectivity index (χ0n) is 17.7. The first-order valence-corrected chi connectivity index (χ1v) is 11.8. The van der Waals surface area contributed by atoms with Gasteiger partial charge in [0.25, 0.3) is 0 Å². The minimum absolute atomic E-state index is 0.124. The van der Waals surface area contributed by atoms with Gasteiger partial charge in [-0.1, -0.05) is 84.4 Å². The minimum atomic E-state index is -3.89. The Labute approximate surface area is 188 Å². The van der Waals surface area contributed by atoms with Crippen molar-refractivity contribution in [3.05, 3.63) is 108 Å². The second-order valence-electron chi connectivity index (χ2n) is 7.69. The number of sulfonamides is 1. The fourth-order valence-electron chi connectivity index (χ4n) is 3.56. The zero-order valence-corrected chi connectivity index (χ0v) is 18.5. The molecule has 32 heavy (non-hydrogen) atoms. The average Bonchev–Trinajstić information content (AvgIpc) is 2.80. The van der Waals surface area contributed by atoms with Crippen molar-refractivity contribution in [3.8, 4) is 0 Å². The normalized spacial score (nSPS) is 12.4. The molecular weight excluding hydrogens is 420 g/mol. The van der Waals surface area contributed by atoms with Crippen LogP contribution in [0.5, 0.6) is 0 Å². The molecule has 0 saturated heterocycles. The Bertz CT molecular complexity index is 1330. The van der Waals surface area contributed by atoms with Gasteiger partial charge < -0.3 is 5.32 Å². The van der Waals surface area contributed by atoms with Gasteiger partial charge in [-0.15, -0.1) is 0 Å². The molecule has 4 rings (SSSR count). The van der Waals surface area contributed by atoms with E-state index in [0.29, 0.717) is 5.69 Å². The third-order valence-corrected chi connectivity index (χ3v) is 6.76. The smallest absolute Gasteiger partial charge is 0.242 e. The molecule has 2 N–H and O–H groups in total. The summed E-state index contributed by atoms with van der Waals surface area (Å²) < 4.78 is 28.7. The fourth-order valence-corrected chi connectivity index (χ4v) is 4.76. The summed E-state index contributed by atoms with van der Waals surface area (Å²) in [6.07, 6.45) is 0.225. The molecule has 0 fully saturated rings. The van der Waals surface area contributed by atoms with Gasteiger partial charge in [0.1, 0.15) is 6.04 Å². The van der Waals surface area contributed by atoms with E-state index in [1.807, 2.05) is 79.7 Å². The summed E-state index contributed by atoms with van der Waals surface area (Å²) in [5.41, 5.74) is 2.45. The number of rotatable bonds is 7. The third-order valence-electron chi connectivity index (χ3n) is 5.28. The molecule has 0 aliphatic carbocycles. The Morgan fingerprint density at radius 3 is 2.22 bits per heavy atom. The molecule has 0 aliphatic heterocycles. The van der Waals surface area contributed by atoms with Gasteiger partial charge in [-0.3, -0.25) is 4.79 Å². The van der Waals surface area contributed by atoms with E-state index in [0.717, 1.165) is 21.9 Å². The molecule has 0 aliphatic rings. The first kappa shape index (κ1) is 21.7. The minimum Gasteiger partial charge on any atom is -0.324 e. The van der Waals surface area contributed by atoms with E-state index in [-0.39, 0.29) is 11.3 Å². The van der Waals surface area contributed by atoms with Gasteiger partial charge >= 0.3 is 0 Å². The van der Waals surface area contributed by atoms with Gasteiger partial charge in [0.2, 0.25) is 15.9 Å². The van der Waals surface area contributed by atoms with Crippen molar-refractivity contribution in [2.75, 3.05) is 5.32 Å². The highest BCUT2D eigenvalue weighted by Crippen LogP contribution is 2.23. The molecule has 6 heteroatoms. The molecule has 4 aromatic rings. The molecule has 0 spiro atoms. The van der Waals surface area contributed by atoms with Gasteiger partial charge in [-0.05, 0) is 42.5 Å². The lowest BCUT2D eigenvalue weighted by atomic mass is 10.1. The Morgan fingerprint density at radius 1 is 0.812 bits per heavy atom. The molecule has 0 unspecified atom stereocenters. The van der Waals surface area contributed by atoms with Gasteiger partial charge in [0, 0.05) is 11.1 Å². The molecule has 5 nitrogen and oxygen atoms in total. The lowest BCUT2D eigenvalue weighted by Gasteiger charge is -2.19. The van der Waals surface area contributed by atoms with Crippen LogP contribution in [0.1, 0.15) is 11.1 Å². The molecule has 162 valence electrons. The number of aryl methyl sites for hydroxylation is 1. The van der Waals surface area contributed by atoms with Crippen LogP contribution in [-0.4, -0.2) is 20.4 Å². The average molecular weight is 445 g/mol. The van der Waals surface area contributed by atoms with E-state index in [1.54, 1.807) is 24.3 Å². The summed E-state index contributed by atoms with van der Waals surface area (Å²) in [4.78, 5) is 13.4. The highest BCUT2D eigenvalue weighted by Gasteiger charge is 2.26. The van der Waals surface area contributed by atoms with E-state index in [2.05, 4.69) is 10.0 Å². The quantitative estimate of drug-likeness (QED) is 0.435. The summed E-state index contributed by atoms with van der Waals surface area (Å²) in [5.74, 6) is -0.416. The molecule has 0 saturated carbocycles. The predicted molar refractivity (Wildman–Crippen MR) is 128 cm³/mol. The molecular formula is C26H24N2O3S. The van der Waals surface area contributed by atoms with Crippen LogP contribution in [0.2, 0.25) is 0 Å². The third kappa shape index (κ3) is 5.04. The van der Waals surface area contributed by atoms with Gasteiger partial charge in [-0.25, -0.2) is 8.42 Å². The lowest BCUT2D eigenvalue weighted by molar-refractivity contribution is -0.117. The molecule has 0 heterocycles. The maximum Gasteiger partial charge on any atom is 0.242 e. The van der Waals surface area contributed by atoms with Crippen LogP contribution in [0.15, 0.2) is 102 Å². The second kappa shape index (κ2) is 9.34. The van der Waals surface area contributed by atoms with E-state index in [4.69, 9.17) is 0 Å². The summed E-state index contributed by atoms with van der Waals surface area (Å²) >= 11 is 0. The van der Waals surface area contributed by atoms with Crippen LogP contribution >= 0.6 is 0 Å². The van der Waals surface area contributed by atoms with Crippen molar-refractivity contribution in [2.24, 2.45) is 0 Å². The van der Waals surface area contributed by atoms with Gasteiger partial charge in [0.15, 0.2) is 0 Å². The van der Waals surface area contributed by atoms with Crippen LogP contribution in [-0.2, 0) is 21.2 Å². The maximum atomic E-state index is 13.3. The van der Waals surface area contributed by atoms with Crippen LogP contribution < -0.4 is 10.0 Å². The second-order valence-corrected chi connectivity index (χ2v) is 9.41. The molecule has 1 atom stereocenters. The number of hydrogen-bond donors (Lipinski definition) is 2. The van der Waals surface area contributed by atoms with Crippen LogP contribution in [0.25, 0.3) is 10.8 Å². The largest absolute Gasteiger partial charge is 0.324 e. The fraction of sp³-hybridized carbons (Fsp3) is 0.115.